The Morgan fingerprint density at radius 3 is 2.67 bits per heavy atom. The molecule has 15 heavy (non-hydrogen) atoms. The number of hydrogen-bond donors (Lipinski definition) is 1. The minimum Gasteiger partial charge on any atom is -0.324 e. The number of nitrogens with zero attached hydrogens (tertiary/aromatic N) is 3. The summed E-state index contributed by atoms with van der Waals surface area (Å²) >= 11 is 0. The van der Waals surface area contributed by atoms with E-state index in [-0.39, 0.29) is 6.04 Å². The minimum absolute atomic E-state index is 0.0557. The fraction of sp³-hybridized carbons (Fsp3) is 0.455. The molecule has 4 nitrogen and oxygen atoms in total. The fourth-order valence-electron chi connectivity index (χ4n) is 1.83. The Morgan fingerprint density at radius 2 is 2.07 bits per heavy atom. The minimum atomic E-state index is -0.0557. The summed E-state index contributed by atoms with van der Waals surface area (Å²) in [6, 6.07) is 2.28. The molecule has 80 valence electrons. The van der Waals surface area contributed by atoms with Crippen molar-refractivity contribution in [2.24, 2.45) is 5.73 Å². The van der Waals surface area contributed by atoms with Crippen molar-refractivity contribution in [1.82, 2.24) is 14.5 Å². The molecule has 2 heterocycles. The van der Waals surface area contributed by atoms with Crippen LogP contribution in [0, 0.1) is 0 Å². The average Bonchev–Trinajstić information content (AvgIpc) is 2.56. The van der Waals surface area contributed by atoms with Gasteiger partial charge in [0, 0.05) is 12.2 Å². The molecule has 1 atom stereocenters. The van der Waals surface area contributed by atoms with Crippen molar-refractivity contribution < 1.29 is 0 Å². The summed E-state index contributed by atoms with van der Waals surface area (Å²) in [5.74, 6) is 0.924. The smallest absolute Gasteiger partial charge is 0.126 e. The van der Waals surface area contributed by atoms with Crippen LogP contribution in [0.4, 0.5) is 0 Å². The Morgan fingerprint density at radius 1 is 1.33 bits per heavy atom. The molecule has 4 heteroatoms. The summed E-state index contributed by atoms with van der Waals surface area (Å²) in [7, 11) is 0. The molecule has 0 amide bonds. The van der Waals surface area contributed by atoms with Gasteiger partial charge in [-0.25, -0.2) is 4.98 Å². The molecule has 0 aromatic carbocycles. The van der Waals surface area contributed by atoms with E-state index in [1.807, 2.05) is 13.0 Å². The number of rotatable bonds is 2. The van der Waals surface area contributed by atoms with Crippen molar-refractivity contribution in [2.75, 3.05) is 0 Å². The Kier molecular flexibility index (Phi) is 2.44. The van der Waals surface area contributed by atoms with Gasteiger partial charge in [0.2, 0.25) is 0 Å². The van der Waals surface area contributed by atoms with Gasteiger partial charge >= 0.3 is 0 Å². The second-order valence-electron chi connectivity index (χ2n) is 4.09. The lowest BCUT2D eigenvalue weighted by Crippen LogP contribution is -2.14. The molecule has 0 unspecified atom stereocenters. The largest absolute Gasteiger partial charge is 0.324 e. The highest BCUT2D eigenvalue weighted by molar-refractivity contribution is 5.75. The first-order valence-corrected chi connectivity index (χ1v) is 5.18. The van der Waals surface area contributed by atoms with E-state index in [9.17, 15) is 0 Å². The zero-order valence-corrected chi connectivity index (χ0v) is 9.31. The van der Waals surface area contributed by atoms with Crippen LogP contribution in [-0.2, 0) is 0 Å². The van der Waals surface area contributed by atoms with Crippen LogP contribution in [0.3, 0.4) is 0 Å². The summed E-state index contributed by atoms with van der Waals surface area (Å²) in [4.78, 5) is 8.58. The van der Waals surface area contributed by atoms with E-state index >= 15 is 0 Å². The van der Waals surface area contributed by atoms with Crippen LogP contribution < -0.4 is 5.73 Å². The van der Waals surface area contributed by atoms with Gasteiger partial charge in [-0.15, -0.1) is 0 Å². The summed E-state index contributed by atoms with van der Waals surface area (Å²) in [6.45, 7) is 6.22. The van der Waals surface area contributed by atoms with E-state index in [0.29, 0.717) is 6.04 Å². The molecular formula is C11H16N4. The molecule has 2 N–H and O–H groups in total. The molecule has 0 spiro atoms. The molecule has 0 aliphatic heterocycles. The van der Waals surface area contributed by atoms with Crippen molar-refractivity contribution >= 4 is 11.0 Å². The third-order valence-electron chi connectivity index (χ3n) is 2.44. The van der Waals surface area contributed by atoms with E-state index in [1.54, 1.807) is 12.4 Å². The Balaban J connectivity index is 2.75. The zero-order chi connectivity index (χ0) is 11.0. The van der Waals surface area contributed by atoms with Gasteiger partial charge in [-0.3, -0.25) is 4.98 Å². The molecule has 0 aliphatic rings. The Hall–Kier alpha value is -1.42. The normalized spacial score (nSPS) is 13.7. The van der Waals surface area contributed by atoms with E-state index in [0.717, 1.165) is 16.9 Å². The topological polar surface area (TPSA) is 56.7 Å². The molecule has 0 saturated heterocycles. The third-order valence-corrected chi connectivity index (χ3v) is 2.44. The maximum absolute atomic E-state index is 5.91. The van der Waals surface area contributed by atoms with Crippen LogP contribution in [0.15, 0.2) is 18.5 Å². The van der Waals surface area contributed by atoms with E-state index < -0.39 is 0 Å². The quantitative estimate of drug-likeness (QED) is 0.814. The lowest BCUT2D eigenvalue weighted by molar-refractivity contribution is 0.558. The first-order valence-electron chi connectivity index (χ1n) is 5.18. The van der Waals surface area contributed by atoms with Gasteiger partial charge in [0.25, 0.3) is 0 Å². The number of fused-ring (bicyclic) bond motifs is 1. The van der Waals surface area contributed by atoms with Gasteiger partial charge in [0.1, 0.15) is 11.3 Å². The maximum atomic E-state index is 5.91. The number of aromatic nitrogens is 3. The molecule has 0 bridgehead atoms. The number of imidazole rings is 1. The highest BCUT2D eigenvalue weighted by Gasteiger charge is 2.15. The van der Waals surface area contributed by atoms with Crippen molar-refractivity contribution in [3.05, 3.63) is 24.3 Å². The summed E-state index contributed by atoms with van der Waals surface area (Å²) in [6.07, 6.45) is 3.56. The van der Waals surface area contributed by atoms with Crippen molar-refractivity contribution in [2.45, 2.75) is 32.9 Å². The highest BCUT2D eigenvalue weighted by Crippen LogP contribution is 2.22. The molecule has 2 aromatic heterocycles. The Bertz CT molecular complexity index is 470. The summed E-state index contributed by atoms with van der Waals surface area (Å²) in [5, 5.41) is 0. The molecule has 0 saturated carbocycles. The Labute approximate surface area is 89.1 Å². The highest BCUT2D eigenvalue weighted by atomic mass is 15.1. The fourth-order valence-corrected chi connectivity index (χ4v) is 1.83. The first-order chi connectivity index (χ1) is 7.11. The maximum Gasteiger partial charge on any atom is 0.126 e. The molecule has 2 aromatic rings. The van der Waals surface area contributed by atoms with Gasteiger partial charge in [-0.05, 0) is 26.8 Å². The van der Waals surface area contributed by atoms with Crippen molar-refractivity contribution in [1.29, 1.82) is 0 Å². The predicted molar refractivity (Wildman–Crippen MR) is 60.5 cm³/mol. The van der Waals surface area contributed by atoms with Gasteiger partial charge in [-0.1, -0.05) is 0 Å². The van der Waals surface area contributed by atoms with Crippen molar-refractivity contribution in [3.63, 3.8) is 0 Å². The average molecular weight is 204 g/mol. The van der Waals surface area contributed by atoms with Crippen LogP contribution in [0.2, 0.25) is 0 Å². The zero-order valence-electron chi connectivity index (χ0n) is 9.31. The van der Waals surface area contributed by atoms with Gasteiger partial charge in [0.05, 0.1) is 17.8 Å². The third kappa shape index (κ3) is 1.61. The summed E-state index contributed by atoms with van der Waals surface area (Å²) in [5.41, 5.74) is 7.93. The van der Waals surface area contributed by atoms with Gasteiger partial charge in [0.15, 0.2) is 0 Å². The van der Waals surface area contributed by atoms with Crippen LogP contribution >= 0.6 is 0 Å². The number of hydrogen-bond acceptors (Lipinski definition) is 3. The first kappa shape index (κ1) is 10.1. The van der Waals surface area contributed by atoms with Crippen molar-refractivity contribution in [3.8, 4) is 0 Å². The van der Waals surface area contributed by atoms with Crippen LogP contribution in [0.25, 0.3) is 11.0 Å². The lowest BCUT2D eigenvalue weighted by Gasteiger charge is -2.14. The molecular weight excluding hydrogens is 188 g/mol. The molecule has 0 radical (unpaired) electrons. The van der Waals surface area contributed by atoms with Gasteiger partial charge in [-0.2, -0.15) is 0 Å². The molecule has 0 fully saturated rings. The van der Waals surface area contributed by atoms with Crippen LogP contribution in [-0.4, -0.2) is 14.5 Å². The molecule has 2 rings (SSSR count). The number of nitrogens with two attached hydrogens (primary N) is 1. The SMILES string of the molecule is CC(C)n1c([C@@H](C)N)nc2cnccc21. The molecule has 0 aliphatic carbocycles. The lowest BCUT2D eigenvalue weighted by atomic mass is 10.3. The second kappa shape index (κ2) is 3.62. The number of pyridine rings is 1. The standard InChI is InChI=1S/C11H16N4/c1-7(2)15-10-4-5-13-6-9(10)14-11(15)8(3)12/h4-8H,12H2,1-3H3/t8-/m1/s1. The van der Waals surface area contributed by atoms with Gasteiger partial charge < -0.3 is 10.3 Å². The van der Waals surface area contributed by atoms with E-state index in [2.05, 4.69) is 28.4 Å². The monoisotopic (exact) mass is 204 g/mol. The van der Waals surface area contributed by atoms with Crippen LogP contribution in [0.5, 0.6) is 0 Å². The van der Waals surface area contributed by atoms with E-state index in [1.165, 1.54) is 0 Å². The van der Waals surface area contributed by atoms with E-state index in [4.69, 9.17) is 5.73 Å². The second-order valence-corrected chi connectivity index (χ2v) is 4.09. The summed E-state index contributed by atoms with van der Waals surface area (Å²) < 4.78 is 2.17. The van der Waals surface area contributed by atoms with Crippen LogP contribution in [0.1, 0.15) is 38.7 Å². The predicted octanol–water partition coefficient (Wildman–Crippen LogP) is 2.03.